The van der Waals surface area contributed by atoms with Crippen molar-refractivity contribution in [3.63, 3.8) is 0 Å². The van der Waals surface area contributed by atoms with E-state index in [9.17, 15) is 27.2 Å². The van der Waals surface area contributed by atoms with Gasteiger partial charge >= 0.3 is 18.1 Å². The van der Waals surface area contributed by atoms with Crippen LogP contribution in [0, 0.1) is 5.82 Å². The van der Waals surface area contributed by atoms with Gasteiger partial charge < -0.3 is 9.47 Å². The van der Waals surface area contributed by atoms with Crippen molar-refractivity contribution in [1.29, 1.82) is 0 Å². The highest BCUT2D eigenvalue weighted by atomic mass is 19.4. The Bertz CT molecular complexity index is 614. The molecule has 0 N–H and O–H groups in total. The molecule has 0 bridgehead atoms. The van der Waals surface area contributed by atoms with Crippen LogP contribution in [0.3, 0.4) is 0 Å². The number of unbranched alkanes of at least 4 members (excludes halogenated alkanes) is 4. The van der Waals surface area contributed by atoms with E-state index in [4.69, 9.17) is 4.74 Å². The molecular formula is C19H24F4O4. The zero-order valence-electron chi connectivity index (χ0n) is 15.2. The third-order valence-corrected chi connectivity index (χ3v) is 3.85. The molecule has 0 aliphatic heterocycles. The Morgan fingerprint density at radius 1 is 0.963 bits per heavy atom. The zero-order valence-corrected chi connectivity index (χ0v) is 15.2. The molecule has 0 saturated heterocycles. The standard InChI is InChI=1S/C19H24F4O4/c1-2-3-4-5-6-12-26-17(24)10-11-18(25)27-13-14-15(19(21,22)23)8-7-9-16(14)20/h7-9H,2-6,10-13H2,1H3. The van der Waals surface area contributed by atoms with Gasteiger partial charge in [0, 0.05) is 5.56 Å². The number of hydrogen-bond acceptors (Lipinski definition) is 4. The topological polar surface area (TPSA) is 52.6 Å². The zero-order chi connectivity index (χ0) is 20.3. The SMILES string of the molecule is CCCCCCCOC(=O)CCC(=O)OCc1c(F)cccc1C(F)(F)F. The van der Waals surface area contributed by atoms with Crippen LogP contribution in [0.4, 0.5) is 17.6 Å². The van der Waals surface area contributed by atoms with Crippen molar-refractivity contribution in [1.82, 2.24) is 0 Å². The molecule has 1 rings (SSSR count). The van der Waals surface area contributed by atoms with Crippen molar-refractivity contribution >= 4 is 11.9 Å². The summed E-state index contributed by atoms with van der Waals surface area (Å²) in [6.45, 7) is 1.50. The predicted molar refractivity (Wildman–Crippen MR) is 90.2 cm³/mol. The largest absolute Gasteiger partial charge is 0.466 e. The van der Waals surface area contributed by atoms with Gasteiger partial charge in [-0.1, -0.05) is 38.7 Å². The minimum Gasteiger partial charge on any atom is -0.466 e. The van der Waals surface area contributed by atoms with Crippen molar-refractivity contribution in [3.8, 4) is 0 Å². The van der Waals surface area contributed by atoms with E-state index in [1.54, 1.807) is 0 Å². The number of ether oxygens (including phenoxy) is 2. The fourth-order valence-electron chi connectivity index (χ4n) is 2.36. The Hall–Kier alpha value is -2.12. The molecule has 0 atom stereocenters. The summed E-state index contributed by atoms with van der Waals surface area (Å²) in [5.41, 5.74) is -1.94. The van der Waals surface area contributed by atoms with Crippen LogP contribution in [-0.4, -0.2) is 18.5 Å². The van der Waals surface area contributed by atoms with Crippen LogP contribution in [0.25, 0.3) is 0 Å². The molecule has 8 heteroatoms. The van der Waals surface area contributed by atoms with E-state index in [2.05, 4.69) is 11.7 Å². The highest BCUT2D eigenvalue weighted by molar-refractivity contribution is 5.77. The first-order chi connectivity index (χ1) is 12.8. The monoisotopic (exact) mass is 392 g/mol. The van der Waals surface area contributed by atoms with Crippen molar-refractivity contribution in [2.75, 3.05) is 6.61 Å². The Labute approximate surface area is 155 Å². The summed E-state index contributed by atoms with van der Waals surface area (Å²) in [7, 11) is 0. The van der Waals surface area contributed by atoms with Gasteiger partial charge in [0.1, 0.15) is 12.4 Å². The maximum absolute atomic E-state index is 13.6. The number of benzene rings is 1. The Morgan fingerprint density at radius 3 is 2.22 bits per heavy atom. The summed E-state index contributed by atoms with van der Waals surface area (Å²) in [6, 6.07) is 2.50. The number of carbonyl (C=O) groups excluding carboxylic acids is 2. The van der Waals surface area contributed by atoms with E-state index >= 15 is 0 Å². The van der Waals surface area contributed by atoms with Crippen molar-refractivity contribution in [3.05, 3.63) is 35.1 Å². The van der Waals surface area contributed by atoms with Gasteiger partial charge in [0.25, 0.3) is 0 Å². The number of esters is 2. The lowest BCUT2D eigenvalue weighted by Gasteiger charge is -2.13. The first-order valence-corrected chi connectivity index (χ1v) is 8.91. The molecule has 0 aliphatic carbocycles. The number of alkyl halides is 3. The molecule has 1 aromatic carbocycles. The summed E-state index contributed by atoms with van der Waals surface area (Å²) in [6.07, 6.45) is -0.350. The smallest absolute Gasteiger partial charge is 0.416 e. The second-order valence-electron chi connectivity index (χ2n) is 6.06. The van der Waals surface area contributed by atoms with Crippen LogP contribution in [-0.2, 0) is 31.8 Å². The molecule has 152 valence electrons. The van der Waals surface area contributed by atoms with E-state index in [1.165, 1.54) is 0 Å². The molecule has 0 fully saturated rings. The van der Waals surface area contributed by atoms with Gasteiger partial charge in [-0.2, -0.15) is 13.2 Å². The normalized spacial score (nSPS) is 11.3. The maximum Gasteiger partial charge on any atom is 0.416 e. The van der Waals surface area contributed by atoms with Crippen LogP contribution in [0.15, 0.2) is 18.2 Å². The summed E-state index contributed by atoms with van der Waals surface area (Å²) < 4.78 is 61.8. The fraction of sp³-hybridized carbons (Fsp3) is 0.579. The molecule has 0 radical (unpaired) electrons. The van der Waals surface area contributed by atoms with E-state index in [0.29, 0.717) is 6.07 Å². The van der Waals surface area contributed by atoms with E-state index < -0.39 is 41.7 Å². The summed E-state index contributed by atoms with van der Waals surface area (Å²) in [5.74, 6) is -2.59. The van der Waals surface area contributed by atoms with Crippen LogP contribution in [0.1, 0.15) is 63.0 Å². The predicted octanol–water partition coefficient (Wildman–Crippen LogP) is 5.18. The third kappa shape index (κ3) is 8.88. The van der Waals surface area contributed by atoms with Gasteiger partial charge in [-0.15, -0.1) is 0 Å². The molecule has 4 nitrogen and oxygen atoms in total. The Balaban J connectivity index is 2.35. The van der Waals surface area contributed by atoms with Crippen LogP contribution in [0.2, 0.25) is 0 Å². The maximum atomic E-state index is 13.6. The summed E-state index contributed by atoms with van der Waals surface area (Å²) in [5, 5.41) is 0. The van der Waals surface area contributed by atoms with Crippen LogP contribution >= 0.6 is 0 Å². The molecule has 0 heterocycles. The lowest BCUT2D eigenvalue weighted by molar-refractivity contribution is -0.152. The van der Waals surface area contributed by atoms with E-state index in [0.717, 1.165) is 44.2 Å². The lowest BCUT2D eigenvalue weighted by atomic mass is 10.1. The molecule has 0 saturated carbocycles. The first-order valence-electron chi connectivity index (χ1n) is 8.91. The molecular weight excluding hydrogens is 368 g/mol. The second-order valence-corrected chi connectivity index (χ2v) is 6.06. The third-order valence-electron chi connectivity index (χ3n) is 3.85. The molecule has 0 amide bonds. The van der Waals surface area contributed by atoms with Gasteiger partial charge in [0.2, 0.25) is 0 Å². The molecule has 0 aromatic heterocycles. The van der Waals surface area contributed by atoms with E-state index in [1.807, 2.05) is 0 Å². The molecule has 0 spiro atoms. The minimum absolute atomic E-state index is 0.239. The Morgan fingerprint density at radius 2 is 1.59 bits per heavy atom. The molecule has 0 aliphatic rings. The number of rotatable bonds is 11. The fourth-order valence-corrected chi connectivity index (χ4v) is 2.36. The number of carbonyl (C=O) groups is 2. The first kappa shape index (κ1) is 22.9. The van der Waals surface area contributed by atoms with Gasteiger partial charge in [0.05, 0.1) is 25.0 Å². The summed E-state index contributed by atoms with van der Waals surface area (Å²) in [4.78, 5) is 23.1. The lowest BCUT2D eigenvalue weighted by Crippen LogP contribution is -2.15. The van der Waals surface area contributed by atoms with E-state index in [-0.39, 0.29) is 19.4 Å². The number of hydrogen-bond donors (Lipinski definition) is 0. The average molecular weight is 392 g/mol. The molecule has 27 heavy (non-hydrogen) atoms. The molecule has 0 unspecified atom stereocenters. The van der Waals surface area contributed by atoms with Gasteiger partial charge in [-0.05, 0) is 18.6 Å². The van der Waals surface area contributed by atoms with Gasteiger partial charge in [-0.3, -0.25) is 9.59 Å². The van der Waals surface area contributed by atoms with Crippen molar-refractivity contribution in [2.24, 2.45) is 0 Å². The highest BCUT2D eigenvalue weighted by Crippen LogP contribution is 2.33. The number of halogens is 4. The quantitative estimate of drug-likeness (QED) is 0.296. The molecule has 1 aromatic rings. The minimum atomic E-state index is -4.76. The second kappa shape index (κ2) is 11.6. The van der Waals surface area contributed by atoms with Crippen LogP contribution in [0.5, 0.6) is 0 Å². The Kier molecular flexibility index (Phi) is 9.82. The summed E-state index contributed by atoms with van der Waals surface area (Å²) >= 11 is 0. The van der Waals surface area contributed by atoms with Gasteiger partial charge in [-0.25, -0.2) is 4.39 Å². The van der Waals surface area contributed by atoms with Crippen molar-refractivity contribution < 1.29 is 36.6 Å². The van der Waals surface area contributed by atoms with Gasteiger partial charge in [0.15, 0.2) is 0 Å². The van der Waals surface area contributed by atoms with Crippen molar-refractivity contribution in [2.45, 2.75) is 64.7 Å². The van der Waals surface area contributed by atoms with Crippen LogP contribution < -0.4 is 0 Å². The highest BCUT2D eigenvalue weighted by Gasteiger charge is 2.34. The average Bonchev–Trinajstić information content (AvgIpc) is 2.60.